The molecule has 5 rings (SSSR count). The van der Waals surface area contributed by atoms with E-state index in [0.29, 0.717) is 41.1 Å². The van der Waals surface area contributed by atoms with Crippen LogP contribution in [0, 0.1) is 17.2 Å². The zero-order valence-corrected chi connectivity index (χ0v) is 25.8. The third-order valence-electron chi connectivity index (χ3n) is 7.99. The lowest BCUT2D eigenvalue weighted by Crippen LogP contribution is -2.49. The number of anilines is 1. The number of ketones is 1. The van der Waals surface area contributed by atoms with Gasteiger partial charge in [-0.2, -0.15) is 13.2 Å². The van der Waals surface area contributed by atoms with Gasteiger partial charge in [0.15, 0.2) is 5.78 Å². The predicted molar refractivity (Wildman–Crippen MR) is 158 cm³/mol. The summed E-state index contributed by atoms with van der Waals surface area (Å²) in [6.07, 6.45) is -3.32. The molecule has 0 bridgehead atoms. The Hall–Kier alpha value is -3.15. The van der Waals surface area contributed by atoms with Crippen LogP contribution >= 0.6 is 23.2 Å². The molecule has 13 heteroatoms. The summed E-state index contributed by atoms with van der Waals surface area (Å²) in [5.74, 6) is -3.96. The number of amides is 1. The second-order valence-corrected chi connectivity index (χ2v) is 13.8. The molecule has 1 amide bonds. The quantitative estimate of drug-likeness (QED) is 0.260. The molecule has 1 aliphatic carbocycles. The van der Waals surface area contributed by atoms with Crippen LogP contribution in [0.4, 0.5) is 23.2 Å². The number of carboxylic acid groups (broad SMARTS) is 1. The van der Waals surface area contributed by atoms with Gasteiger partial charge in [0, 0.05) is 34.3 Å². The Morgan fingerprint density at radius 1 is 1.09 bits per heavy atom. The van der Waals surface area contributed by atoms with E-state index >= 15 is 4.39 Å². The van der Waals surface area contributed by atoms with Gasteiger partial charge in [-0.1, -0.05) is 62.2 Å². The number of benzene rings is 2. The van der Waals surface area contributed by atoms with Gasteiger partial charge in [-0.25, -0.2) is 9.18 Å². The van der Waals surface area contributed by atoms with E-state index in [1.54, 1.807) is 37.3 Å². The average molecular weight is 660 g/mol. The van der Waals surface area contributed by atoms with E-state index in [2.05, 4.69) is 31.4 Å². The van der Waals surface area contributed by atoms with Crippen molar-refractivity contribution in [1.29, 1.82) is 0 Å². The number of hydrogen-bond donors (Lipinski definition) is 4. The lowest BCUT2D eigenvalue weighted by molar-refractivity contribution is -0.192. The molecule has 2 heterocycles. The average Bonchev–Trinajstić information content (AvgIpc) is 3.33. The molecule has 0 saturated heterocycles. The highest BCUT2D eigenvalue weighted by Crippen LogP contribution is 2.56. The highest BCUT2D eigenvalue weighted by Gasteiger charge is 2.61. The fourth-order valence-electron chi connectivity index (χ4n) is 6.40. The van der Waals surface area contributed by atoms with Crippen molar-refractivity contribution in [2.45, 2.75) is 76.6 Å². The molecule has 1 spiro atoms. The number of aliphatic carboxylic acids is 1. The summed E-state index contributed by atoms with van der Waals surface area (Å²) < 4.78 is 47.4. The first kappa shape index (κ1) is 33.7. The van der Waals surface area contributed by atoms with Crippen LogP contribution in [0.2, 0.25) is 10.0 Å². The molecule has 1 saturated carbocycles. The molecule has 2 aliphatic heterocycles. The molecular weight excluding hydrogens is 627 g/mol. The van der Waals surface area contributed by atoms with Crippen LogP contribution in [-0.2, 0) is 19.8 Å². The Bertz CT molecular complexity index is 1540. The number of carbonyl (C=O) groups is 3. The van der Waals surface area contributed by atoms with Crippen molar-refractivity contribution >= 4 is 52.1 Å². The maximum atomic E-state index is 15.7. The molecule has 2 aromatic carbocycles. The zero-order valence-electron chi connectivity index (χ0n) is 24.3. The van der Waals surface area contributed by atoms with Crippen molar-refractivity contribution in [2.24, 2.45) is 11.3 Å². The number of allylic oxidation sites excluding steroid dienone is 1. The molecule has 44 heavy (non-hydrogen) atoms. The Kier molecular flexibility index (Phi) is 8.93. The number of nitrogens with one attached hydrogen (secondary N) is 2. The van der Waals surface area contributed by atoms with Gasteiger partial charge in [0.2, 0.25) is 5.91 Å². The van der Waals surface area contributed by atoms with Gasteiger partial charge in [0.1, 0.15) is 11.2 Å². The van der Waals surface area contributed by atoms with Crippen molar-refractivity contribution in [3.05, 3.63) is 69.1 Å². The largest absolute Gasteiger partial charge is 0.490 e. The molecular formula is C31H32Cl2F4N2O5. The van der Waals surface area contributed by atoms with Gasteiger partial charge in [0.05, 0.1) is 16.3 Å². The molecule has 1 fully saturated rings. The van der Waals surface area contributed by atoms with Gasteiger partial charge < -0.3 is 20.8 Å². The second-order valence-electron chi connectivity index (χ2n) is 13.0. The lowest BCUT2D eigenvalue weighted by atomic mass is 9.65. The molecule has 0 aromatic heterocycles. The van der Waals surface area contributed by atoms with Crippen LogP contribution < -0.4 is 10.6 Å². The molecule has 0 radical (unpaired) electrons. The van der Waals surface area contributed by atoms with Crippen LogP contribution in [0.5, 0.6) is 0 Å². The van der Waals surface area contributed by atoms with E-state index in [-0.39, 0.29) is 45.7 Å². The summed E-state index contributed by atoms with van der Waals surface area (Å²) in [5, 5.41) is 24.0. The standard InChI is InChI=1S/C29H31Cl2FN2O3.C2HF3O2/c1-27(2,3)14-22-29(18-9-8-16(30)11-20(18)33-26(29)36)23(17-6-5-7-19(31)24(17)32)25(34-22)21(35)10-15-12-28(4,37)13-15;3-2(4,5)1(6)7/h5-9,11,15,22,34,37H,10,12-14H2,1-4H3,(H,33,36);(H,6,7)/t15?,22-,28?,29+;/m1./s1. The summed E-state index contributed by atoms with van der Waals surface area (Å²) in [5.41, 5.74) is -0.508. The SMILES string of the molecule is CC(C)(C)C[C@H]1NC(C(=O)CC2CC(C)(O)C2)=C(c2cccc(Cl)c2F)[C@@]12C(=O)Nc1cc(Cl)ccc12.O=C(O)C(F)(F)F. The molecule has 4 N–H and O–H groups in total. The smallest absolute Gasteiger partial charge is 0.475 e. The molecule has 3 aliphatic rings. The van der Waals surface area contributed by atoms with Gasteiger partial charge in [-0.05, 0) is 61.3 Å². The Balaban J connectivity index is 0.000000566. The Morgan fingerprint density at radius 2 is 1.70 bits per heavy atom. The normalized spacial score (nSPS) is 25.9. The number of hydrogen-bond acceptors (Lipinski definition) is 5. The lowest BCUT2D eigenvalue weighted by Gasteiger charge is -2.40. The van der Waals surface area contributed by atoms with Crippen LogP contribution in [0.3, 0.4) is 0 Å². The highest BCUT2D eigenvalue weighted by atomic mass is 35.5. The van der Waals surface area contributed by atoms with Crippen LogP contribution in [0.1, 0.15) is 64.5 Å². The van der Waals surface area contributed by atoms with Crippen molar-refractivity contribution in [1.82, 2.24) is 5.32 Å². The van der Waals surface area contributed by atoms with Crippen LogP contribution in [-0.4, -0.2) is 45.7 Å². The molecule has 2 aromatic rings. The van der Waals surface area contributed by atoms with E-state index in [4.69, 9.17) is 33.1 Å². The first-order valence-electron chi connectivity index (χ1n) is 13.8. The summed E-state index contributed by atoms with van der Waals surface area (Å²) in [6, 6.07) is 9.29. The first-order chi connectivity index (χ1) is 20.2. The van der Waals surface area contributed by atoms with E-state index in [9.17, 15) is 27.9 Å². The summed E-state index contributed by atoms with van der Waals surface area (Å²) in [6.45, 7) is 7.95. The van der Waals surface area contributed by atoms with Crippen molar-refractivity contribution < 1.29 is 42.2 Å². The minimum absolute atomic E-state index is 0.0170. The van der Waals surface area contributed by atoms with Crippen molar-refractivity contribution in [2.75, 3.05) is 5.32 Å². The number of aliphatic hydroxyl groups is 1. The second kappa shape index (κ2) is 11.7. The van der Waals surface area contributed by atoms with E-state index in [1.165, 1.54) is 6.07 Å². The minimum atomic E-state index is -5.08. The highest BCUT2D eigenvalue weighted by molar-refractivity contribution is 6.32. The fraction of sp³-hybridized carbons (Fsp3) is 0.452. The third kappa shape index (κ3) is 6.46. The Morgan fingerprint density at radius 3 is 2.25 bits per heavy atom. The number of rotatable bonds is 5. The monoisotopic (exact) mass is 658 g/mol. The number of fused-ring (bicyclic) bond motifs is 2. The number of carbonyl (C=O) groups excluding carboxylic acids is 2. The van der Waals surface area contributed by atoms with E-state index in [0.717, 1.165) is 0 Å². The van der Waals surface area contributed by atoms with Gasteiger partial charge in [-0.15, -0.1) is 0 Å². The number of carboxylic acids is 1. The topological polar surface area (TPSA) is 116 Å². The van der Waals surface area contributed by atoms with E-state index in [1.807, 2.05) is 0 Å². The third-order valence-corrected chi connectivity index (χ3v) is 8.52. The predicted octanol–water partition coefficient (Wildman–Crippen LogP) is 6.90. The van der Waals surface area contributed by atoms with Gasteiger partial charge >= 0.3 is 12.1 Å². The first-order valence-corrected chi connectivity index (χ1v) is 14.6. The molecule has 0 unspecified atom stereocenters. The molecule has 7 nitrogen and oxygen atoms in total. The minimum Gasteiger partial charge on any atom is -0.475 e. The van der Waals surface area contributed by atoms with Crippen molar-refractivity contribution in [3.63, 3.8) is 0 Å². The van der Waals surface area contributed by atoms with Gasteiger partial charge in [-0.3, -0.25) is 9.59 Å². The van der Waals surface area contributed by atoms with E-state index < -0.39 is 35.0 Å². The number of alkyl halides is 3. The maximum absolute atomic E-state index is 15.7. The van der Waals surface area contributed by atoms with Crippen LogP contribution in [0.25, 0.3) is 5.57 Å². The summed E-state index contributed by atoms with van der Waals surface area (Å²) >= 11 is 12.5. The van der Waals surface area contributed by atoms with Crippen molar-refractivity contribution in [3.8, 4) is 0 Å². The summed E-state index contributed by atoms with van der Waals surface area (Å²) in [7, 11) is 0. The molecule has 238 valence electrons. The molecule has 2 atom stereocenters. The van der Waals surface area contributed by atoms with Crippen LogP contribution in [0.15, 0.2) is 42.1 Å². The zero-order chi connectivity index (χ0) is 33.0. The Labute approximate surface area is 261 Å². The maximum Gasteiger partial charge on any atom is 0.490 e. The number of halogens is 6. The summed E-state index contributed by atoms with van der Waals surface area (Å²) in [4.78, 5) is 36.8. The number of Topliss-reactive ketones (excluding diaryl/α,β-unsaturated/α-hetero) is 1. The fourth-order valence-corrected chi connectivity index (χ4v) is 6.75. The van der Waals surface area contributed by atoms with Gasteiger partial charge in [0.25, 0.3) is 0 Å².